The zero-order chi connectivity index (χ0) is 15.0. The van der Waals surface area contributed by atoms with Crippen molar-refractivity contribution in [3.8, 4) is 5.75 Å². The maximum Gasteiger partial charge on any atom is 0.119 e. The molecule has 0 spiro atoms. The first kappa shape index (κ1) is 14.5. The minimum atomic E-state index is 0.332. The molecule has 2 atom stereocenters. The van der Waals surface area contributed by atoms with Crippen molar-refractivity contribution in [2.75, 3.05) is 7.11 Å². The monoisotopic (exact) mass is 302 g/mol. The molecule has 3 nitrogen and oxygen atoms in total. The van der Waals surface area contributed by atoms with Crippen molar-refractivity contribution >= 4 is 11.3 Å². The number of fused-ring (bicyclic) bond motifs is 1. The van der Waals surface area contributed by atoms with Gasteiger partial charge in [0.2, 0.25) is 0 Å². The maximum atomic E-state index is 5.36. The summed E-state index contributed by atoms with van der Waals surface area (Å²) >= 11 is 1.80. The molecule has 112 valence electrons. The van der Waals surface area contributed by atoms with E-state index in [-0.39, 0.29) is 0 Å². The van der Waals surface area contributed by atoms with E-state index >= 15 is 0 Å². The van der Waals surface area contributed by atoms with Gasteiger partial charge < -0.3 is 10.1 Å². The molecular weight excluding hydrogens is 280 g/mol. The van der Waals surface area contributed by atoms with Crippen LogP contribution in [-0.4, -0.2) is 12.1 Å². The zero-order valence-corrected chi connectivity index (χ0v) is 13.9. The van der Waals surface area contributed by atoms with Gasteiger partial charge >= 0.3 is 0 Å². The van der Waals surface area contributed by atoms with Crippen molar-refractivity contribution in [1.29, 1.82) is 0 Å². The number of hydrogen-bond donors (Lipinski definition) is 1. The zero-order valence-electron chi connectivity index (χ0n) is 13.1. The third-order valence-corrected chi connectivity index (χ3v) is 5.47. The summed E-state index contributed by atoms with van der Waals surface area (Å²) in [6.07, 6.45) is 2.30. The number of thiazole rings is 1. The first-order valence-electron chi connectivity index (χ1n) is 7.45. The molecule has 0 saturated carbocycles. The highest BCUT2D eigenvalue weighted by atomic mass is 32.1. The standard InChI is InChI=1S/C17H22N2OS/c1-10-17(21-12(3)18-10)11(2)19-16-8-6-13-5-7-14(20-4)9-15(13)16/h5,7,9,11,16,19H,6,8H2,1-4H3. The van der Waals surface area contributed by atoms with Gasteiger partial charge in [-0.25, -0.2) is 4.98 Å². The van der Waals surface area contributed by atoms with Crippen LogP contribution >= 0.6 is 11.3 Å². The van der Waals surface area contributed by atoms with E-state index in [0.717, 1.165) is 29.3 Å². The van der Waals surface area contributed by atoms with E-state index in [1.165, 1.54) is 16.0 Å². The van der Waals surface area contributed by atoms with Crippen LogP contribution in [0.4, 0.5) is 0 Å². The second-order valence-corrected chi connectivity index (χ2v) is 6.96. The van der Waals surface area contributed by atoms with E-state index < -0.39 is 0 Å². The molecule has 2 aromatic rings. The Morgan fingerprint density at radius 3 is 2.86 bits per heavy atom. The molecule has 0 saturated heterocycles. The number of rotatable bonds is 4. The number of nitrogens with one attached hydrogen (secondary N) is 1. The summed E-state index contributed by atoms with van der Waals surface area (Å²) in [7, 11) is 1.73. The molecular formula is C17H22N2OS. The summed E-state index contributed by atoms with van der Waals surface area (Å²) < 4.78 is 5.36. The third-order valence-electron chi connectivity index (χ3n) is 4.21. The van der Waals surface area contributed by atoms with Gasteiger partial charge in [0.05, 0.1) is 17.8 Å². The summed E-state index contributed by atoms with van der Waals surface area (Å²) in [4.78, 5) is 5.89. The molecule has 0 bridgehead atoms. The lowest BCUT2D eigenvalue weighted by Gasteiger charge is -2.20. The van der Waals surface area contributed by atoms with E-state index in [0.29, 0.717) is 12.1 Å². The highest BCUT2D eigenvalue weighted by Crippen LogP contribution is 2.36. The molecule has 1 N–H and O–H groups in total. The molecule has 0 amide bonds. The van der Waals surface area contributed by atoms with Gasteiger partial charge in [-0.15, -0.1) is 11.3 Å². The highest BCUT2D eigenvalue weighted by molar-refractivity contribution is 7.11. The van der Waals surface area contributed by atoms with Crippen molar-refractivity contribution in [1.82, 2.24) is 10.3 Å². The van der Waals surface area contributed by atoms with Gasteiger partial charge in [0.25, 0.3) is 0 Å². The number of methoxy groups -OCH3 is 1. The summed E-state index contributed by atoms with van der Waals surface area (Å²) in [5.74, 6) is 0.944. The van der Waals surface area contributed by atoms with Gasteiger partial charge in [0.1, 0.15) is 5.75 Å². The first-order valence-corrected chi connectivity index (χ1v) is 8.27. The van der Waals surface area contributed by atoms with Crippen molar-refractivity contribution in [2.45, 2.75) is 45.7 Å². The van der Waals surface area contributed by atoms with Gasteiger partial charge in [-0.05, 0) is 56.9 Å². The number of aromatic nitrogens is 1. The fourth-order valence-electron chi connectivity index (χ4n) is 3.21. The Labute approximate surface area is 130 Å². The molecule has 0 radical (unpaired) electrons. The average Bonchev–Trinajstić information content (AvgIpc) is 3.01. The summed E-state index contributed by atoms with van der Waals surface area (Å²) in [5.41, 5.74) is 3.99. The quantitative estimate of drug-likeness (QED) is 0.923. The summed E-state index contributed by atoms with van der Waals surface area (Å²) in [6.45, 7) is 6.41. The number of hydrogen-bond acceptors (Lipinski definition) is 4. The van der Waals surface area contributed by atoms with E-state index in [1.54, 1.807) is 18.4 Å². The van der Waals surface area contributed by atoms with E-state index in [2.05, 4.69) is 49.3 Å². The van der Waals surface area contributed by atoms with Crippen LogP contribution in [0.5, 0.6) is 5.75 Å². The lowest BCUT2D eigenvalue weighted by Crippen LogP contribution is -2.22. The Morgan fingerprint density at radius 1 is 1.38 bits per heavy atom. The van der Waals surface area contributed by atoms with Gasteiger partial charge in [-0.1, -0.05) is 6.07 Å². The molecule has 21 heavy (non-hydrogen) atoms. The Morgan fingerprint density at radius 2 is 2.19 bits per heavy atom. The summed E-state index contributed by atoms with van der Waals surface area (Å²) in [6, 6.07) is 7.17. The number of aryl methyl sites for hydroxylation is 3. The molecule has 2 unspecified atom stereocenters. The van der Waals surface area contributed by atoms with Crippen molar-refractivity contribution in [2.24, 2.45) is 0 Å². The molecule has 0 aliphatic heterocycles. The number of nitrogens with zero attached hydrogens (tertiary/aromatic N) is 1. The van der Waals surface area contributed by atoms with Crippen LogP contribution in [0, 0.1) is 13.8 Å². The van der Waals surface area contributed by atoms with Crippen LogP contribution in [0.3, 0.4) is 0 Å². The van der Waals surface area contributed by atoms with Gasteiger partial charge in [0.15, 0.2) is 0 Å². The van der Waals surface area contributed by atoms with Crippen LogP contribution in [0.25, 0.3) is 0 Å². The summed E-state index contributed by atoms with van der Waals surface area (Å²) in [5, 5.41) is 4.91. The lowest BCUT2D eigenvalue weighted by atomic mass is 10.1. The van der Waals surface area contributed by atoms with Crippen molar-refractivity contribution in [3.63, 3.8) is 0 Å². The minimum Gasteiger partial charge on any atom is -0.497 e. The van der Waals surface area contributed by atoms with Crippen LogP contribution < -0.4 is 10.1 Å². The minimum absolute atomic E-state index is 0.332. The molecule has 1 aromatic heterocycles. The van der Waals surface area contributed by atoms with Crippen LogP contribution in [0.1, 0.15) is 52.1 Å². The molecule has 0 fully saturated rings. The normalized spacial score (nSPS) is 18.6. The Kier molecular flexibility index (Phi) is 4.00. The van der Waals surface area contributed by atoms with Gasteiger partial charge in [0, 0.05) is 17.0 Å². The SMILES string of the molecule is COc1ccc2c(c1)C(NC(C)c1sc(C)nc1C)CC2. The van der Waals surface area contributed by atoms with Crippen LogP contribution in [-0.2, 0) is 6.42 Å². The number of benzene rings is 1. The Bertz CT molecular complexity index is 650. The maximum absolute atomic E-state index is 5.36. The van der Waals surface area contributed by atoms with E-state index in [1.807, 2.05) is 0 Å². The fraction of sp³-hybridized carbons (Fsp3) is 0.471. The topological polar surface area (TPSA) is 34.1 Å². The van der Waals surface area contributed by atoms with Crippen LogP contribution in [0.2, 0.25) is 0 Å². The second kappa shape index (κ2) is 5.78. The van der Waals surface area contributed by atoms with Crippen molar-refractivity contribution < 1.29 is 4.74 Å². The predicted molar refractivity (Wildman–Crippen MR) is 87.2 cm³/mol. The van der Waals surface area contributed by atoms with Gasteiger partial charge in [-0.2, -0.15) is 0 Å². The molecule has 1 aliphatic carbocycles. The molecule has 3 rings (SSSR count). The molecule has 1 aliphatic rings. The van der Waals surface area contributed by atoms with Crippen molar-refractivity contribution in [3.05, 3.63) is 44.9 Å². The van der Waals surface area contributed by atoms with E-state index in [4.69, 9.17) is 4.74 Å². The Hall–Kier alpha value is -1.39. The largest absolute Gasteiger partial charge is 0.497 e. The van der Waals surface area contributed by atoms with Crippen LogP contribution in [0.15, 0.2) is 18.2 Å². The Balaban J connectivity index is 1.80. The first-order chi connectivity index (χ1) is 10.1. The van der Waals surface area contributed by atoms with E-state index in [9.17, 15) is 0 Å². The second-order valence-electron chi connectivity index (χ2n) is 5.73. The lowest BCUT2D eigenvalue weighted by molar-refractivity contribution is 0.412. The number of ether oxygens (including phenoxy) is 1. The van der Waals surface area contributed by atoms with Gasteiger partial charge in [-0.3, -0.25) is 0 Å². The fourth-order valence-corrected chi connectivity index (χ4v) is 4.15. The molecule has 1 aromatic carbocycles. The third kappa shape index (κ3) is 2.83. The predicted octanol–water partition coefficient (Wildman–Crippen LogP) is 4.11. The smallest absolute Gasteiger partial charge is 0.119 e. The highest BCUT2D eigenvalue weighted by Gasteiger charge is 2.25. The molecule has 1 heterocycles. The average molecular weight is 302 g/mol. The molecule has 4 heteroatoms.